The van der Waals surface area contributed by atoms with Gasteiger partial charge in [-0.25, -0.2) is 9.37 Å². The quantitative estimate of drug-likeness (QED) is 0.593. The molecule has 0 aliphatic rings. The van der Waals surface area contributed by atoms with Crippen LogP contribution in [0.15, 0.2) is 12.3 Å². The van der Waals surface area contributed by atoms with Gasteiger partial charge in [0.25, 0.3) is 0 Å². The van der Waals surface area contributed by atoms with Crippen LogP contribution in [0.3, 0.4) is 0 Å². The Bertz CT molecular complexity index is 289. The van der Waals surface area contributed by atoms with Gasteiger partial charge in [0.2, 0.25) is 0 Å². The highest BCUT2D eigenvalue weighted by molar-refractivity contribution is 5.26. The predicted octanol–water partition coefficient (Wildman–Crippen LogP) is 2.43. The molecular formula is C9H11FN2. The van der Waals surface area contributed by atoms with Gasteiger partial charge in [0.05, 0.1) is 0 Å². The third kappa shape index (κ3) is 2.31. The Morgan fingerprint density at radius 1 is 1.50 bits per heavy atom. The highest BCUT2D eigenvalue weighted by Gasteiger charge is 2.02. The zero-order chi connectivity index (χ0) is 9.56. The van der Waals surface area contributed by atoms with Crippen LogP contribution in [0.1, 0.15) is 25.1 Å². The lowest BCUT2D eigenvalue weighted by Crippen LogP contribution is -1.90. The second-order valence-corrected chi connectivity index (χ2v) is 1.90. The highest BCUT2D eigenvalue weighted by atomic mass is 19.1. The summed E-state index contributed by atoms with van der Waals surface area (Å²) in [4.78, 5) is 3.52. The van der Waals surface area contributed by atoms with Gasteiger partial charge in [-0.15, -0.1) is 0 Å². The largest absolute Gasteiger partial charge is 0.243 e. The first-order chi connectivity index (χ1) is 5.75. The number of pyridine rings is 1. The Hall–Kier alpha value is -1.43. The van der Waals surface area contributed by atoms with Gasteiger partial charge >= 0.3 is 0 Å². The van der Waals surface area contributed by atoms with Gasteiger partial charge < -0.3 is 0 Å². The fourth-order valence-electron chi connectivity index (χ4n) is 0.618. The fourth-order valence-corrected chi connectivity index (χ4v) is 0.618. The number of nitrogens with zero attached hydrogens (tertiary/aromatic N) is 2. The second kappa shape index (κ2) is 5.25. The van der Waals surface area contributed by atoms with Crippen LogP contribution in [0.2, 0.25) is 0 Å². The number of nitriles is 1. The van der Waals surface area contributed by atoms with Gasteiger partial charge in [-0.2, -0.15) is 5.26 Å². The Kier molecular flexibility index (Phi) is 4.62. The van der Waals surface area contributed by atoms with Gasteiger partial charge in [0, 0.05) is 6.20 Å². The summed E-state index contributed by atoms with van der Waals surface area (Å²) in [6.45, 7) is 5.60. The van der Waals surface area contributed by atoms with E-state index in [0.29, 0.717) is 5.56 Å². The smallest absolute Gasteiger partial charge is 0.176 e. The van der Waals surface area contributed by atoms with Crippen molar-refractivity contribution in [3.8, 4) is 6.07 Å². The van der Waals surface area contributed by atoms with E-state index >= 15 is 0 Å². The molecule has 64 valence electrons. The van der Waals surface area contributed by atoms with E-state index in [4.69, 9.17) is 5.26 Å². The maximum Gasteiger partial charge on any atom is 0.176 e. The molecule has 0 fully saturated rings. The van der Waals surface area contributed by atoms with Crippen molar-refractivity contribution in [2.45, 2.75) is 20.8 Å². The lowest BCUT2D eigenvalue weighted by Gasteiger charge is -1.93. The number of hydrogen-bond acceptors (Lipinski definition) is 2. The molecule has 0 amide bonds. The topological polar surface area (TPSA) is 36.7 Å². The van der Waals surface area contributed by atoms with Gasteiger partial charge in [-0.05, 0) is 18.6 Å². The molecule has 1 rings (SSSR count). The van der Waals surface area contributed by atoms with Crippen molar-refractivity contribution < 1.29 is 4.39 Å². The number of aryl methyl sites for hydroxylation is 1. The molecule has 0 N–H and O–H groups in total. The third-order valence-corrected chi connectivity index (χ3v) is 1.19. The van der Waals surface area contributed by atoms with Gasteiger partial charge in [-0.3, -0.25) is 0 Å². The predicted molar refractivity (Wildman–Crippen MR) is 45.0 cm³/mol. The zero-order valence-electron chi connectivity index (χ0n) is 7.43. The highest BCUT2D eigenvalue weighted by Crippen LogP contribution is 2.06. The van der Waals surface area contributed by atoms with Crippen molar-refractivity contribution in [1.29, 1.82) is 5.26 Å². The standard InChI is InChI=1S/C7H5FN2.C2H6/c1-5-2-3-10-6(4-9)7(5)8;1-2/h2-3H,1H3;1-2H3. The lowest BCUT2D eigenvalue weighted by atomic mass is 10.2. The summed E-state index contributed by atoms with van der Waals surface area (Å²) >= 11 is 0. The summed E-state index contributed by atoms with van der Waals surface area (Å²) in [5, 5.41) is 8.29. The molecule has 0 aliphatic carbocycles. The minimum Gasteiger partial charge on any atom is -0.243 e. The molecule has 0 saturated carbocycles. The number of aromatic nitrogens is 1. The molecule has 0 unspecified atom stereocenters. The van der Waals surface area contributed by atoms with E-state index in [9.17, 15) is 4.39 Å². The molecule has 0 spiro atoms. The van der Waals surface area contributed by atoms with Crippen LogP contribution in [-0.4, -0.2) is 4.98 Å². The number of rotatable bonds is 0. The van der Waals surface area contributed by atoms with Crippen molar-refractivity contribution in [3.63, 3.8) is 0 Å². The van der Waals surface area contributed by atoms with Crippen LogP contribution in [0.5, 0.6) is 0 Å². The first-order valence-electron chi connectivity index (χ1n) is 3.77. The first-order valence-corrected chi connectivity index (χ1v) is 3.77. The van der Waals surface area contributed by atoms with Gasteiger partial charge in [0.15, 0.2) is 11.5 Å². The SMILES string of the molecule is CC.Cc1ccnc(C#N)c1F. The number of hydrogen-bond donors (Lipinski definition) is 0. The van der Waals surface area contributed by atoms with Crippen LogP contribution in [0.25, 0.3) is 0 Å². The normalized spacial score (nSPS) is 7.92. The molecule has 0 aliphatic heterocycles. The van der Waals surface area contributed by atoms with Gasteiger partial charge in [0.1, 0.15) is 6.07 Å². The van der Waals surface area contributed by atoms with Crippen LogP contribution in [-0.2, 0) is 0 Å². The average molecular weight is 166 g/mol. The number of halogens is 1. The molecular weight excluding hydrogens is 155 g/mol. The summed E-state index contributed by atoms with van der Waals surface area (Å²) in [5.41, 5.74) is 0.312. The van der Waals surface area contributed by atoms with Crippen LogP contribution >= 0.6 is 0 Å². The molecule has 0 bridgehead atoms. The van der Waals surface area contributed by atoms with Crippen LogP contribution < -0.4 is 0 Å². The van der Waals surface area contributed by atoms with E-state index in [1.54, 1.807) is 13.0 Å². The van der Waals surface area contributed by atoms with Crippen molar-refractivity contribution in [1.82, 2.24) is 4.98 Å². The molecule has 2 nitrogen and oxygen atoms in total. The fraction of sp³-hybridized carbons (Fsp3) is 0.333. The molecule has 1 aromatic rings. The molecule has 3 heteroatoms. The molecule has 0 aromatic carbocycles. The van der Waals surface area contributed by atoms with E-state index in [1.807, 2.05) is 13.8 Å². The van der Waals surface area contributed by atoms with E-state index in [2.05, 4.69) is 4.98 Å². The third-order valence-electron chi connectivity index (χ3n) is 1.19. The van der Waals surface area contributed by atoms with Crippen molar-refractivity contribution in [3.05, 3.63) is 29.3 Å². The van der Waals surface area contributed by atoms with E-state index in [0.717, 1.165) is 0 Å². The maximum absolute atomic E-state index is 12.7. The minimum absolute atomic E-state index is 0.139. The van der Waals surface area contributed by atoms with Crippen molar-refractivity contribution >= 4 is 0 Å². The van der Waals surface area contributed by atoms with E-state index in [1.165, 1.54) is 12.3 Å². The Morgan fingerprint density at radius 2 is 2.08 bits per heavy atom. The van der Waals surface area contributed by atoms with Crippen LogP contribution in [0.4, 0.5) is 4.39 Å². The Labute approximate surface area is 71.7 Å². The summed E-state index contributed by atoms with van der Waals surface area (Å²) in [5.74, 6) is -0.523. The molecule has 0 atom stereocenters. The Balaban J connectivity index is 0.000000561. The monoisotopic (exact) mass is 166 g/mol. The first kappa shape index (κ1) is 10.6. The zero-order valence-corrected chi connectivity index (χ0v) is 7.43. The molecule has 0 radical (unpaired) electrons. The van der Waals surface area contributed by atoms with E-state index in [-0.39, 0.29) is 5.69 Å². The minimum atomic E-state index is -0.523. The second-order valence-electron chi connectivity index (χ2n) is 1.90. The molecule has 12 heavy (non-hydrogen) atoms. The molecule has 0 saturated heterocycles. The summed E-state index contributed by atoms with van der Waals surface area (Å²) in [6, 6.07) is 3.17. The summed E-state index contributed by atoms with van der Waals surface area (Å²) in [6.07, 6.45) is 1.41. The molecule has 1 aromatic heterocycles. The molecule has 1 heterocycles. The maximum atomic E-state index is 12.7. The summed E-state index contributed by atoms with van der Waals surface area (Å²) in [7, 11) is 0. The van der Waals surface area contributed by atoms with Crippen molar-refractivity contribution in [2.75, 3.05) is 0 Å². The van der Waals surface area contributed by atoms with E-state index < -0.39 is 5.82 Å². The van der Waals surface area contributed by atoms with Crippen LogP contribution in [0, 0.1) is 24.1 Å². The average Bonchev–Trinajstić information content (AvgIpc) is 2.13. The van der Waals surface area contributed by atoms with Crippen molar-refractivity contribution in [2.24, 2.45) is 0 Å². The lowest BCUT2D eigenvalue weighted by molar-refractivity contribution is 0.607. The summed E-state index contributed by atoms with van der Waals surface area (Å²) < 4.78 is 12.7. The Morgan fingerprint density at radius 3 is 2.50 bits per heavy atom. The van der Waals surface area contributed by atoms with Gasteiger partial charge in [-0.1, -0.05) is 13.8 Å².